The molecule has 0 amide bonds. The number of rotatable bonds is 5. The second-order valence-electron chi connectivity index (χ2n) is 7.43. The lowest BCUT2D eigenvalue weighted by Crippen LogP contribution is -2.36. The summed E-state index contributed by atoms with van der Waals surface area (Å²) in [6.45, 7) is 1.89. The molecule has 0 bridgehead atoms. The van der Waals surface area contributed by atoms with Gasteiger partial charge in [-0.15, -0.1) is 5.10 Å². The first-order valence-corrected chi connectivity index (χ1v) is 10.6. The number of halogens is 1. The molecule has 0 spiro atoms. The van der Waals surface area contributed by atoms with E-state index >= 15 is 0 Å². The fourth-order valence-electron chi connectivity index (χ4n) is 3.96. The first-order chi connectivity index (χ1) is 15.7. The number of nitrogens with zero attached hydrogens (tertiary/aromatic N) is 8. The van der Waals surface area contributed by atoms with Gasteiger partial charge in [-0.1, -0.05) is 41.9 Å². The van der Waals surface area contributed by atoms with Gasteiger partial charge in [-0.3, -0.25) is 0 Å². The van der Waals surface area contributed by atoms with Gasteiger partial charge in [0.25, 0.3) is 0 Å². The van der Waals surface area contributed by atoms with Crippen LogP contribution in [0.2, 0.25) is 5.02 Å². The van der Waals surface area contributed by atoms with Crippen molar-refractivity contribution in [1.29, 1.82) is 5.26 Å². The minimum Gasteiger partial charge on any atom is -0.366 e. The summed E-state index contributed by atoms with van der Waals surface area (Å²) in [5.41, 5.74) is 4.53. The Kier molecular flexibility index (Phi) is 5.40. The Morgan fingerprint density at radius 2 is 2.00 bits per heavy atom. The summed E-state index contributed by atoms with van der Waals surface area (Å²) < 4.78 is 0. The van der Waals surface area contributed by atoms with Gasteiger partial charge >= 0.3 is 0 Å². The van der Waals surface area contributed by atoms with Gasteiger partial charge in [-0.25, -0.2) is 15.0 Å². The lowest BCUT2D eigenvalue weighted by molar-refractivity contribution is 0.571. The van der Waals surface area contributed by atoms with Crippen LogP contribution < -0.4 is 9.91 Å². The van der Waals surface area contributed by atoms with Crippen molar-refractivity contribution in [2.24, 2.45) is 0 Å². The smallest absolute Gasteiger partial charge is 0.157 e. The van der Waals surface area contributed by atoms with Crippen LogP contribution in [0.25, 0.3) is 0 Å². The Morgan fingerprint density at radius 1 is 1.12 bits per heavy atom. The van der Waals surface area contributed by atoms with E-state index in [0.29, 0.717) is 23.7 Å². The van der Waals surface area contributed by atoms with Crippen molar-refractivity contribution in [3.63, 3.8) is 0 Å². The second kappa shape index (κ2) is 8.65. The Balaban J connectivity index is 1.55. The molecule has 0 N–H and O–H groups in total. The van der Waals surface area contributed by atoms with Crippen LogP contribution in [-0.4, -0.2) is 31.6 Å². The third kappa shape index (κ3) is 3.86. The van der Waals surface area contributed by atoms with Gasteiger partial charge in [-0.2, -0.15) is 10.1 Å². The van der Waals surface area contributed by atoms with Crippen LogP contribution in [0.1, 0.15) is 22.4 Å². The highest BCUT2D eigenvalue weighted by Gasteiger charge is 2.26. The van der Waals surface area contributed by atoms with Crippen molar-refractivity contribution in [3.8, 4) is 6.07 Å². The summed E-state index contributed by atoms with van der Waals surface area (Å²) in [6.07, 6.45) is 5.78. The van der Waals surface area contributed by atoms with Crippen molar-refractivity contribution >= 4 is 23.1 Å². The largest absolute Gasteiger partial charge is 0.366 e. The summed E-state index contributed by atoms with van der Waals surface area (Å²) >= 11 is 6.10. The molecule has 158 valence electrons. The van der Waals surface area contributed by atoms with Crippen molar-refractivity contribution in [3.05, 3.63) is 94.7 Å². The number of anilines is 2. The maximum absolute atomic E-state index is 9.61. The van der Waals surface area contributed by atoms with Crippen molar-refractivity contribution in [1.82, 2.24) is 25.1 Å². The SMILES string of the molecule is N#Cc1cc(Cl)ccc1N1CCc2ncnc(N(Cc3ccccc3)n3ccnn3)c2C1. The molecular weight excluding hydrogens is 424 g/mol. The van der Waals surface area contributed by atoms with Crippen molar-refractivity contribution < 1.29 is 0 Å². The molecule has 0 unspecified atom stereocenters. The highest BCUT2D eigenvalue weighted by molar-refractivity contribution is 6.30. The van der Waals surface area contributed by atoms with Gasteiger partial charge < -0.3 is 4.90 Å². The van der Waals surface area contributed by atoms with E-state index in [2.05, 4.69) is 43.4 Å². The molecule has 8 nitrogen and oxygen atoms in total. The molecule has 9 heteroatoms. The average molecular weight is 443 g/mol. The van der Waals surface area contributed by atoms with E-state index in [1.54, 1.807) is 29.6 Å². The monoisotopic (exact) mass is 442 g/mol. The molecule has 5 rings (SSSR count). The molecule has 2 aromatic heterocycles. The quantitative estimate of drug-likeness (QED) is 0.466. The molecule has 0 saturated carbocycles. The highest BCUT2D eigenvalue weighted by Crippen LogP contribution is 2.32. The van der Waals surface area contributed by atoms with E-state index in [0.717, 1.165) is 41.3 Å². The van der Waals surface area contributed by atoms with Gasteiger partial charge in [0.05, 0.1) is 35.9 Å². The van der Waals surface area contributed by atoms with Crippen LogP contribution in [0.15, 0.2) is 67.3 Å². The molecule has 0 radical (unpaired) electrons. The molecule has 3 heterocycles. The number of nitriles is 1. The predicted octanol–water partition coefficient (Wildman–Crippen LogP) is 3.63. The molecule has 1 aliphatic rings. The molecule has 0 fully saturated rings. The van der Waals surface area contributed by atoms with Crippen LogP contribution in [0.4, 0.5) is 11.5 Å². The Labute approximate surface area is 190 Å². The lowest BCUT2D eigenvalue weighted by Gasteiger charge is -2.33. The highest BCUT2D eigenvalue weighted by atomic mass is 35.5. The maximum Gasteiger partial charge on any atom is 0.157 e. The van der Waals surface area contributed by atoms with Gasteiger partial charge in [0.15, 0.2) is 5.82 Å². The first-order valence-electron chi connectivity index (χ1n) is 10.2. The second-order valence-corrected chi connectivity index (χ2v) is 7.87. The average Bonchev–Trinajstić information content (AvgIpc) is 3.37. The van der Waals surface area contributed by atoms with E-state index in [9.17, 15) is 5.26 Å². The van der Waals surface area contributed by atoms with Gasteiger partial charge in [0, 0.05) is 30.1 Å². The van der Waals surface area contributed by atoms with Crippen LogP contribution >= 0.6 is 11.6 Å². The van der Waals surface area contributed by atoms with Gasteiger partial charge in [0.2, 0.25) is 0 Å². The molecule has 0 atom stereocenters. The zero-order valence-corrected chi connectivity index (χ0v) is 17.9. The molecule has 1 aliphatic heterocycles. The number of benzene rings is 2. The van der Waals surface area contributed by atoms with Gasteiger partial charge in [0.1, 0.15) is 12.4 Å². The summed E-state index contributed by atoms with van der Waals surface area (Å²) in [6, 6.07) is 17.8. The van der Waals surface area contributed by atoms with E-state index in [1.807, 2.05) is 35.3 Å². The van der Waals surface area contributed by atoms with Crippen LogP contribution in [-0.2, 0) is 19.5 Å². The summed E-state index contributed by atoms with van der Waals surface area (Å²) in [5.74, 6) is 0.765. The van der Waals surface area contributed by atoms with E-state index in [-0.39, 0.29) is 0 Å². The Morgan fingerprint density at radius 3 is 2.78 bits per heavy atom. The van der Waals surface area contributed by atoms with Crippen LogP contribution in [0, 0.1) is 11.3 Å². The van der Waals surface area contributed by atoms with E-state index < -0.39 is 0 Å². The summed E-state index contributed by atoms with van der Waals surface area (Å²) in [7, 11) is 0. The number of hydrogen-bond acceptors (Lipinski definition) is 7. The fourth-order valence-corrected chi connectivity index (χ4v) is 4.13. The Hall–Kier alpha value is -3.96. The van der Waals surface area contributed by atoms with E-state index in [1.165, 1.54) is 0 Å². The number of aromatic nitrogens is 5. The lowest BCUT2D eigenvalue weighted by atomic mass is 10.0. The first kappa shape index (κ1) is 20.0. The topological polar surface area (TPSA) is 86.8 Å². The van der Waals surface area contributed by atoms with Crippen molar-refractivity contribution in [2.75, 3.05) is 16.5 Å². The van der Waals surface area contributed by atoms with Crippen LogP contribution in [0.3, 0.4) is 0 Å². The predicted molar refractivity (Wildman–Crippen MR) is 121 cm³/mol. The summed E-state index contributed by atoms with van der Waals surface area (Å²) in [5, 5.41) is 20.3. The number of hydrogen-bond donors (Lipinski definition) is 0. The van der Waals surface area contributed by atoms with Crippen molar-refractivity contribution in [2.45, 2.75) is 19.5 Å². The minimum atomic E-state index is 0.548. The molecule has 32 heavy (non-hydrogen) atoms. The number of fused-ring (bicyclic) bond motifs is 1. The maximum atomic E-state index is 9.61. The molecule has 4 aromatic rings. The Bertz CT molecular complexity index is 1270. The van der Waals surface area contributed by atoms with E-state index in [4.69, 9.17) is 11.6 Å². The normalized spacial score (nSPS) is 12.8. The summed E-state index contributed by atoms with van der Waals surface area (Å²) in [4.78, 5) is 13.0. The molecule has 0 saturated heterocycles. The fraction of sp³-hybridized carbons (Fsp3) is 0.174. The minimum absolute atomic E-state index is 0.548. The molecular formula is C23H19ClN8. The third-order valence-electron chi connectivity index (χ3n) is 5.48. The van der Waals surface area contributed by atoms with Gasteiger partial charge in [-0.05, 0) is 29.0 Å². The zero-order valence-electron chi connectivity index (χ0n) is 17.1. The zero-order chi connectivity index (χ0) is 21.9. The van der Waals surface area contributed by atoms with Crippen LogP contribution in [0.5, 0.6) is 0 Å². The molecule has 2 aromatic carbocycles. The third-order valence-corrected chi connectivity index (χ3v) is 5.71. The molecule has 0 aliphatic carbocycles. The standard InChI is InChI=1S/C23H19ClN8/c24-19-6-7-22(18(12-19)13-25)30-10-8-21-20(15-30)23(27-16-26-21)31(32-11-9-28-29-32)14-17-4-2-1-3-5-17/h1-7,9,11-12,16H,8,10,14-15H2.